The highest BCUT2D eigenvalue weighted by Crippen LogP contribution is 2.41. The van der Waals surface area contributed by atoms with Crippen LogP contribution in [0, 0.1) is 5.41 Å². The number of benzene rings is 2. The van der Waals surface area contributed by atoms with Gasteiger partial charge in [-0.05, 0) is 48.9 Å². The van der Waals surface area contributed by atoms with Crippen LogP contribution in [0.15, 0.2) is 42.1 Å². The van der Waals surface area contributed by atoms with Crippen molar-refractivity contribution < 1.29 is 32.2 Å². The molecule has 1 saturated heterocycles. The summed E-state index contributed by atoms with van der Waals surface area (Å²) < 4.78 is 51.1. The second kappa shape index (κ2) is 8.61. The maximum atomic E-state index is 13.5. The Hall–Kier alpha value is -4.02. The van der Waals surface area contributed by atoms with Crippen molar-refractivity contribution in [1.82, 2.24) is 10.2 Å². The first-order chi connectivity index (χ1) is 15.0. The molecule has 0 radical (unpaired) electrons. The summed E-state index contributed by atoms with van der Waals surface area (Å²) in [6.45, 7) is 2.06. The van der Waals surface area contributed by atoms with E-state index in [-0.39, 0.29) is 28.6 Å². The summed E-state index contributed by atoms with van der Waals surface area (Å²) in [7, 11) is 1.32. The van der Waals surface area contributed by atoms with Crippen LogP contribution in [0.4, 0.5) is 18.0 Å². The van der Waals surface area contributed by atoms with Gasteiger partial charge in [0.15, 0.2) is 17.3 Å². The standard InChI is InChI=1S/C21H19F3N4O4/c1-3-28-18(25)14(27-20(28)30)8-11-4-6-16(17(9-11)31-2)32-15-7-5-12(19(26)29)10-13(15)21(22,23)24/h4-10,25H,3H2,1-2H3,(H2,26,29)(H,27,30). The lowest BCUT2D eigenvalue weighted by atomic mass is 10.1. The van der Waals surface area contributed by atoms with Crippen LogP contribution in [0.25, 0.3) is 6.08 Å². The molecule has 0 aliphatic carbocycles. The molecule has 8 nitrogen and oxygen atoms in total. The lowest BCUT2D eigenvalue weighted by molar-refractivity contribution is -0.138. The van der Waals surface area contributed by atoms with Gasteiger partial charge < -0.3 is 20.5 Å². The third-order valence-electron chi connectivity index (χ3n) is 4.62. The Morgan fingerprint density at radius 1 is 1.19 bits per heavy atom. The van der Waals surface area contributed by atoms with Gasteiger partial charge in [-0.2, -0.15) is 13.2 Å². The van der Waals surface area contributed by atoms with Gasteiger partial charge in [-0.15, -0.1) is 0 Å². The first kappa shape index (κ1) is 22.7. The number of amides is 3. The zero-order chi connectivity index (χ0) is 23.6. The van der Waals surface area contributed by atoms with Gasteiger partial charge >= 0.3 is 12.2 Å². The lowest BCUT2D eigenvalue weighted by Gasteiger charge is -2.16. The summed E-state index contributed by atoms with van der Waals surface area (Å²) in [6, 6.07) is 6.75. The number of rotatable bonds is 6. The number of hydrogen-bond acceptors (Lipinski definition) is 5. The van der Waals surface area contributed by atoms with E-state index in [4.69, 9.17) is 20.6 Å². The summed E-state index contributed by atoms with van der Waals surface area (Å²) in [5.41, 5.74) is 4.40. The number of nitrogens with zero attached hydrogens (tertiary/aromatic N) is 1. The van der Waals surface area contributed by atoms with E-state index in [1.54, 1.807) is 6.92 Å². The Morgan fingerprint density at radius 3 is 2.44 bits per heavy atom. The average molecular weight is 448 g/mol. The molecule has 0 saturated carbocycles. The van der Waals surface area contributed by atoms with Gasteiger partial charge in [-0.25, -0.2) is 4.79 Å². The predicted octanol–water partition coefficient (Wildman–Crippen LogP) is 3.97. The number of hydrogen-bond donors (Lipinski definition) is 3. The second-order valence-corrected chi connectivity index (χ2v) is 6.67. The Kier molecular flexibility index (Phi) is 6.10. The van der Waals surface area contributed by atoms with E-state index in [9.17, 15) is 22.8 Å². The topological polar surface area (TPSA) is 118 Å². The number of primary amides is 1. The van der Waals surface area contributed by atoms with Crippen LogP contribution in [0.2, 0.25) is 0 Å². The van der Waals surface area contributed by atoms with E-state index in [0.29, 0.717) is 18.2 Å². The van der Waals surface area contributed by atoms with E-state index in [1.165, 1.54) is 36.3 Å². The zero-order valence-electron chi connectivity index (χ0n) is 17.0. The van der Waals surface area contributed by atoms with Crippen molar-refractivity contribution in [2.24, 2.45) is 5.73 Å². The second-order valence-electron chi connectivity index (χ2n) is 6.67. The summed E-state index contributed by atoms with van der Waals surface area (Å²) in [4.78, 5) is 24.3. The molecule has 4 N–H and O–H groups in total. The number of alkyl halides is 3. The fraction of sp³-hybridized carbons (Fsp3) is 0.190. The molecule has 1 fully saturated rings. The first-order valence-corrected chi connectivity index (χ1v) is 9.31. The Labute approximate surface area is 180 Å². The molecule has 2 aromatic carbocycles. The highest BCUT2D eigenvalue weighted by atomic mass is 19.4. The molecule has 3 rings (SSSR count). The van der Waals surface area contributed by atoms with Gasteiger partial charge in [0.2, 0.25) is 5.91 Å². The smallest absolute Gasteiger partial charge is 0.420 e. The van der Waals surface area contributed by atoms with E-state index >= 15 is 0 Å². The number of amidine groups is 1. The number of nitrogens with two attached hydrogens (primary N) is 1. The number of halogens is 3. The first-order valence-electron chi connectivity index (χ1n) is 9.31. The molecular formula is C21H19F3N4O4. The van der Waals surface area contributed by atoms with Crippen LogP contribution in [0.3, 0.4) is 0 Å². The van der Waals surface area contributed by atoms with Crippen molar-refractivity contribution in [3.63, 3.8) is 0 Å². The number of carbonyl (C=O) groups excluding carboxylic acids is 2. The van der Waals surface area contributed by atoms with Gasteiger partial charge in [-0.3, -0.25) is 15.1 Å². The molecule has 32 heavy (non-hydrogen) atoms. The van der Waals surface area contributed by atoms with Gasteiger partial charge in [0, 0.05) is 12.1 Å². The van der Waals surface area contributed by atoms with E-state index in [0.717, 1.165) is 12.1 Å². The number of ether oxygens (including phenoxy) is 2. The van der Waals surface area contributed by atoms with Crippen molar-refractivity contribution in [1.29, 1.82) is 5.41 Å². The van der Waals surface area contributed by atoms with Crippen LogP contribution in [-0.4, -0.2) is 36.3 Å². The molecule has 0 unspecified atom stereocenters. The molecule has 0 bridgehead atoms. The fourth-order valence-electron chi connectivity index (χ4n) is 3.03. The molecule has 3 amide bonds. The third-order valence-corrected chi connectivity index (χ3v) is 4.62. The molecular weight excluding hydrogens is 429 g/mol. The van der Waals surface area contributed by atoms with Crippen molar-refractivity contribution in [3.8, 4) is 17.2 Å². The number of nitrogens with one attached hydrogen (secondary N) is 2. The maximum Gasteiger partial charge on any atom is 0.420 e. The van der Waals surface area contributed by atoms with Crippen molar-refractivity contribution >= 4 is 23.8 Å². The summed E-state index contributed by atoms with van der Waals surface area (Å²) in [5, 5.41) is 10.6. The third kappa shape index (κ3) is 4.51. The van der Waals surface area contributed by atoms with Crippen LogP contribution in [0.1, 0.15) is 28.4 Å². The van der Waals surface area contributed by atoms with Crippen LogP contribution < -0.4 is 20.5 Å². The molecule has 11 heteroatoms. The van der Waals surface area contributed by atoms with Crippen molar-refractivity contribution in [2.45, 2.75) is 13.1 Å². The number of methoxy groups -OCH3 is 1. The maximum absolute atomic E-state index is 13.5. The van der Waals surface area contributed by atoms with Gasteiger partial charge in [-0.1, -0.05) is 6.07 Å². The lowest BCUT2D eigenvalue weighted by Crippen LogP contribution is -2.29. The average Bonchev–Trinajstić information content (AvgIpc) is 3.00. The number of urea groups is 1. The van der Waals surface area contributed by atoms with E-state index in [2.05, 4.69) is 5.32 Å². The highest BCUT2D eigenvalue weighted by molar-refractivity contribution is 6.15. The molecule has 1 aliphatic rings. The number of carbonyl (C=O) groups is 2. The van der Waals surface area contributed by atoms with Crippen molar-refractivity contribution in [3.05, 3.63) is 58.8 Å². The van der Waals surface area contributed by atoms with Crippen LogP contribution in [0.5, 0.6) is 17.2 Å². The summed E-state index contributed by atoms with van der Waals surface area (Å²) in [5.74, 6) is -1.41. The molecule has 1 aliphatic heterocycles. The van der Waals surface area contributed by atoms with E-state index in [1.807, 2.05) is 0 Å². The largest absolute Gasteiger partial charge is 0.493 e. The Bertz CT molecular complexity index is 1130. The molecule has 0 spiro atoms. The van der Waals surface area contributed by atoms with Crippen LogP contribution >= 0.6 is 0 Å². The minimum atomic E-state index is -4.79. The summed E-state index contributed by atoms with van der Waals surface area (Å²) >= 11 is 0. The monoisotopic (exact) mass is 448 g/mol. The Morgan fingerprint density at radius 2 is 1.88 bits per heavy atom. The predicted molar refractivity (Wildman–Crippen MR) is 110 cm³/mol. The van der Waals surface area contributed by atoms with Gasteiger partial charge in [0.25, 0.3) is 0 Å². The minimum absolute atomic E-state index is 0.00107. The molecule has 2 aromatic rings. The number of likely N-dealkylation sites (N-methyl/N-ethyl adjacent to an activating group) is 1. The quantitative estimate of drug-likeness (QED) is 0.620. The normalized spacial score (nSPS) is 15.2. The highest BCUT2D eigenvalue weighted by Gasteiger charge is 2.35. The zero-order valence-corrected chi connectivity index (χ0v) is 17.0. The summed E-state index contributed by atoms with van der Waals surface area (Å²) in [6.07, 6.45) is -3.25. The van der Waals surface area contributed by atoms with Gasteiger partial charge in [0.1, 0.15) is 5.75 Å². The minimum Gasteiger partial charge on any atom is -0.493 e. The molecule has 0 atom stereocenters. The van der Waals surface area contributed by atoms with Crippen molar-refractivity contribution in [2.75, 3.05) is 13.7 Å². The molecule has 1 heterocycles. The van der Waals surface area contributed by atoms with Gasteiger partial charge in [0.05, 0.1) is 18.4 Å². The van der Waals surface area contributed by atoms with Crippen LogP contribution in [-0.2, 0) is 6.18 Å². The fourth-order valence-corrected chi connectivity index (χ4v) is 3.03. The SMILES string of the molecule is CCN1C(=N)C(=Cc2ccc(Oc3ccc(C(N)=O)cc3C(F)(F)F)c(OC)c2)NC1=O. The molecule has 0 aromatic heterocycles. The van der Waals surface area contributed by atoms with E-state index < -0.39 is 29.4 Å². The Balaban J connectivity index is 1.95. The molecule has 168 valence electrons.